The summed E-state index contributed by atoms with van der Waals surface area (Å²) in [6, 6.07) is 16.8. The zero-order chi connectivity index (χ0) is 21.0. The monoisotopic (exact) mass is 406 g/mol. The number of amides is 1. The summed E-state index contributed by atoms with van der Waals surface area (Å²) in [6.07, 6.45) is 0. The van der Waals surface area contributed by atoms with Gasteiger partial charge in [-0.2, -0.15) is 5.26 Å². The van der Waals surface area contributed by atoms with Crippen LogP contribution in [0.3, 0.4) is 0 Å². The van der Waals surface area contributed by atoms with E-state index in [1.54, 1.807) is 24.3 Å². The number of carbonyl (C=O) groups excluding carboxylic acids is 1. The SMILES string of the molecule is CC(C)(C)c1ccc(-c2nnc(SCC(=O)Nc3ccc(C#N)cc3)n2N)cc1. The molecule has 3 N–H and O–H groups in total. The maximum Gasteiger partial charge on any atom is 0.234 e. The van der Waals surface area contributed by atoms with E-state index in [1.165, 1.54) is 22.0 Å². The van der Waals surface area contributed by atoms with Gasteiger partial charge in [-0.15, -0.1) is 10.2 Å². The van der Waals surface area contributed by atoms with Gasteiger partial charge in [-0.3, -0.25) is 4.79 Å². The summed E-state index contributed by atoms with van der Waals surface area (Å²) in [5.74, 6) is 6.62. The number of nitrogens with zero attached hydrogens (tertiary/aromatic N) is 4. The second-order valence-electron chi connectivity index (χ2n) is 7.53. The predicted octanol–water partition coefficient (Wildman–Crippen LogP) is 3.56. The van der Waals surface area contributed by atoms with Gasteiger partial charge in [0.2, 0.25) is 11.1 Å². The normalized spacial score (nSPS) is 11.1. The van der Waals surface area contributed by atoms with Gasteiger partial charge in [-0.25, -0.2) is 4.68 Å². The largest absolute Gasteiger partial charge is 0.335 e. The number of aromatic nitrogens is 3. The summed E-state index contributed by atoms with van der Waals surface area (Å²) in [6.45, 7) is 6.47. The number of rotatable bonds is 5. The quantitative estimate of drug-likeness (QED) is 0.495. The summed E-state index contributed by atoms with van der Waals surface area (Å²) in [7, 11) is 0. The fraction of sp³-hybridized carbons (Fsp3) is 0.238. The number of benzene rings is 2. The summed E-state index contributed by atoms with van der Waals surface area (Å²) in [5, 5.41) is 20.3. The first-order valence-corrected chi connectivity index (χ1v) is 10.0. The average Bonchev–Trinajstić information content (AvgIpc) is 3.07. The van der Waals surface area contributed by atoms with Crippen molar-refractivity contribution < 1.29 is 4.79 Å². The van der Waals surface area contributed by atoms with Crippen LogP contribution < -0.4 is 11.2 Å². The van der Waals surface area contributed by atoms with Crippen molar-refractivity contribution >= 4 is 23.4 Å². The second-order valence-corrected chi connectivity index (χ2v) is 8.47. The number of hydrogen-bond acceptors (Lipinski definition) is 6. The van der Waals surface area contributed by atoms with Gasteiger partial charge >= 0.3 is 0 Å². The van der Waals surface area contributed by atoms with Gasteiger partial charge in [-0.05, 0) is 35.2 Å². The molecule has 0 fully saturated rings. The minimum atomic E-state index is -0.196. The molecule has 0 aliphatic rings. The van der Waals surface area contributed by atoms with Gasteiger partial charge in [-0.1, -0.05) is 56.8 Å². The van der Waals surface area contributed by atoms with Crippen molar-refractivity contribution in [1.82, 2.24) is 14.9 Å². The fourth-order valence-electron chi connectivity index (χ4n) is 2.65. The Labute approximate surface area is 173 Å². The van der Waals surface area contributed by atoms with E-state index in [4.69, 9.17) is 11.1 Å². The molecular weight excluding hydrogens is 384 g/mol. The molecule has 29 heavy (non-hydrogen) atoms. The van der Waals surface area contributed by atoms with Crippen LogP contribution in [0, 0.1) is 11.3 Å². The van der Waals surface area contributed by atoms with Crippen molar-refractivity contribution in [2.45, 2.75) is 31.3 Å². The molecule has 1 amide bonds. The molecule has 0 bridgehead atoms. The Kier molecular flexibility index (Phi) is 5.89. The van der Waals surface area contributed by atoms with Crippen molar-refractivity contribution in [2.75, 3.05) is 16.9 Å². The van der Waals surface area contributed by atoms with Crippen molar-refractivity contribution in [2.24, 2.45) is 0 Å². The number of nitrogen functional groups attached to an aromatic ring is 1. The van der Waals surface area contributed by atoms with Crippen molar-refractivity contribution in [3.05, 3.63) is 59.7 Å². The maximum absolute atomic E-state index is 12.2. The lowest BCUT2D eigenvalue weighted by atomic mass is 9.87. The first-order valence-electron chi connectivity index (χ1n) is 9.02. The summed E-state index contributed by atoms with van der Waals surface area (Å²) in [4.78, 5) is 12.2. The van der Waals surface area contributed by atoms with E-state index in [0.717, 1.165) is 5.56 Å². The number of hydrogen-bond donors (Lipinski definition) is 2. The fourth-order valence-corrected chi connectivity index (χ4v) is 3.30. The number of anilines is 1. The third kappa shape index (κ3) is 4.95. The van der Waals surface area contributed by atoms with E-state index in [9.17, 15) is 4.79 Å². The van der Waals surface area contributed by atoms with Crippen molar-refractivity contribution in [3.63, 3.8) is 0 Å². The lowest BCUT2D eigenvalue weighted by Gasteiger charge is -2.19. The van der Waals surface area contributed by atoms with Gasteiger partial charge in [0.15, 0.2) is 5.82 Å². The Morgan fingerprint density at radius 1 is 1.14 bits per heavy atom. The molecule has 7 nitrogen and oxygen atoms in total. The minimum absolute atomic E-state index is 0.0677. The molecule has 0 radical (unpaired) electrons. The second kappa shape index (κ2) is 8.37. The van der Waals surface area contributed by atoms with E-state index in [1.807, 2.05) is 18.2 Å². The Bertz CT molecular complexity index is 1040. The smallest absolute Gasteiger partial charge is 0.234 e. The molecular formula is C21H22N6OS. The lowest BCUT2D eigenvalue weighted by Crippen LogP contribution is -2.16. The lowest BCUT2D eigenvalue weighted by molar-refractivity contribution is -0.113. The van der Waals surface area contributed by atoms with Gasteiger partial charge in [0.25, 0.3) is 0 Å². The van der Waals surface area contributed by atoms with Gasteiger partial charge < -0.3 is 11.2 Å². The molecule has 1 heterocycles. The zero-order valence-electron chi connectivity index (χ0n) is 16.5. The number of nitriles is 1. The highest BCUT2D eigenvalue weighted by Gasteiger charge is 2.16. The molecule has 0 atom stereocenters. The molecule has 148 valence electrons. The number of nitrogens with one attached hydrogen (secondary N) is 1. The van der Waals surface area contributed by atoms with Crippen LogP contribution in [-0.4, -0.2) is 26.5 Å². The van der Waals surface area contributed by atoms with Crippen LogP contribution in [0.5, 0.6) is 0 Å². The molecule has 0 saturated heterocycles. The maximum atomic E-state index is 12.2. The van der Waals surface area contributed by atoms with Gasteiger partial charge in [0, 0.05) is 11.3 Å². The highest BCUT2D eigenvalue weighted by Crippen LogP contribution is 2.26. The molecule has 2 aromatic carbocycles. The van der Waals surface area contributed by atoms with Crippen molar-refractivity contribution in [1.29, 1.82) is 5.26 Å². The summed E-state index contributed by atoms with van der Waals surface area (Å²) < 4.78 is 1.39. The first kappa shape index (κ1) is 20.4. The average molecular weight is 407 g/mol. The molecule has 3 rings (SSSR count). The first-order chi connectivity index (χ1) is 13.8. The molecule has 0 saturated carbocycles. The van der Waals surface area contributed by atoms with Crippen LogP contribution in [0.15, 0.2) is 53.7 Å². The van der Waals surface area contributed by atoms with Crippen LogP contribution in [0.25, 0.3) is 11.4 Å². The number of thioether (sulfide) groups is 1. The highest BCUT2D eigenvalue weighted by molar-refractivity contribution is 7.99. The van der Waals surface area contributed by atoms with E-state index in [-0.39, 0.29) is 17.1 Å². The highest BCUT2D eigenvalue weighted by atomic mass is 32.2. The Morgan fingerprint density at radius 3 is 2.38 bits per heavy atom. The minimum Gasteiger partial charge on any atom is -0.335 e. The Balaban J connectivity index is 1.63. The zero-order valence-corrected chi connectivity index (χ0v) is 17.3. The van der Waals surface area contributed by atoms with Crippen LogP contribution in [0.4, 0.5) is 5.69 Å². The summed E-state index contributed by atoms with van der Waals surface area (Å²) >= 11 is 1.20. The van der Waals surface area contributed by atoms with E-state index in [2.05, 4.69) is 48.4 Å². The molecule has 0 spiro atoms. The van der Waals surface area contributed by atoms with Crippen LogP contribution in [0.1, 0.15) is 31.9 Å². The summed E-state index contributed by atoms with van der Waals surface area (Å²) in [5.41, 5.74) is 3.32. The third-order valence-electron chi connectivity index (χ3n) is 4.30. The number of carbonyl (C=O) groups is 1. The Morgan fingerprint density at radius 2 is 1.79 bits per heavy atom. The van der Waals surface area contributed by atoms with Crippen LogP contribution in [0.2, 0.25) is 0 Å². The molecule has 0 aliphatic heterocycles. The molecule has 3 aromatic rings. The molecule has 8 heteroatoms. The van der Waals surface area contributed by atoms with Crippen molar-refractivity contribution in [3.8, 4) is 17.5 Å². The molecule has 1 aromatic heterocycles. The standard InChI is InChI=1S/C21H22N6OS/c1-21(2,3)16-8-6-15(7-9-16)19-25-26-20(27(19)23)29-13-18(28)24-17-10-4-14(12-22)5-11-17/h4-11H,13,23H2,1-3H3,(H,24,28). The van der Waals surface area contributed by atoms with Gasteiger partial charge in [0.05, 0.1) is 17.4 Å². The van der Waals surface area contributed by atoms with Gasteiger partial charge in [0.1, 0.15) is 0 Å². The number of nitrogens with two attached hydrogens (primary N) is 1. The Hall–Kier alpha value is -3.31. The third-order valence-corrected chi connectivity index (χ3v) is 5.25. The van der Waals surface area contributed by atoms with E-state index >= 15 is 0 Å². The molecule has 0 aliphatic carbocycles. The predicted molar refractivity (Wildman–Crippen MR) is 115 cm³/mol. The van der Waals surface area contributed by atoms with Crippen LogP contribution in [-0.2, 0) is 10.2 Å². The van der Waals surface area contributed by atoms with E-state index < -0.39 is 0 Å². The molecule has 0 unspecified atom stereocenters. The topological polar surface area (TPSA) is 110 Å². The van der Waals surface area contributed by atoms with E-state index in [0.29, 0.717) is 22.2 Å². The van der Waals surface area contributed by atoms with Crippen LogP contribution >= 0.6 is 11.8 Å².